The molecule has 6 aromatic rings. The first kappa shape index (κ1) is 50.5. The van der Waals surface area contributed by atoms with Crippen LogP contribution in [0.1, 0.15) is 44.6 Å². The second-order valence-corrected chi connectivity index (χ2v) is 18.0. The first-order valence-corrected chi connectivity index (χ1v) is 23.2. The number of rotatable bonds is 10. The Morgan fingerprint density at radius 1 is 0.687 bits per heavy atom. The van der Waals surface area contributed by atoms with E-state index in [0.29, 0.717) is 74.5 Å². The van der Waals surface area contributed by atoms with E-state index in [1.807, 2.05) is 54.3 Å². The Hall–Kier alpha value is -5.87. The van der Waals surface area contributed by atoms with Crippen LogP contribution in [0.5, 0.6) is 11.5 Å². The molecule has 6 heterocycles. The SMILES string of the molecule is COc1cc(N2C[C@H](C)N(C(=O)Cn3nc(-c4ccccn4)c(Cl)c3C)C[C@H]2C)ccc1Cl.COc1cc(N2C[C@H](C)NC[C@H]2C)ccc1C.Cc1c(Cl)c(-c2ccccn2)nn1CC(=O)O. The highest BCUT2D eigenvalue weighted by molar-refractivity contribution is 6.34. The number of nitrogens with zero attached hydrogens (tertiary/aromatic N) is 9. The number of halogens is 3. The number of aromatic nitrogens is 6. The van der Waals surface area contributed by atoms with Crippen LogP contribution in [0.4, 0.5) is 11.4 Å². The fourth-order valence-corrected chi connectivity index (χ4v) is 8.73. The van der Waals surface area contributed by atoms with Gasteiger partial charge in [0, 0.05) is 86.2 Å². The number of carboxylic acids is 1. The van der Waals surface area contributed by atoms with E-state index in [4.69, 9.17) is 49.4 Å². The number of methoxy groups -OCH3 is 2. The highest BCUT2D eigenvalue weighted by atomic mass is 35.5. The third-order valence-electron chi connectivity index (χ3n) is 11.9. The van der Waals surface area contributed by atoms with Crippen LogP contribution >= 0.6 is 34.8 Å². The molecule has 4 atom stereocenters. The Morgan fingerprint density at radius 2 is 1.22 bits per heavy atom. The summed E-state index contributed by atoms with van der Waals surface area (Å²) in [6.07, 6.45) is 3.33. The molecule has 0 bridgehead atoms. The van der Waals surface area contributed by atoms with Crippen molar-refractivity contribution in [2.75, 3.05) is 50.2 Å². The number of nitrogens with one attached hydrogen (secondary N) is 1. The van der Waals surface area contributed by atoms with Gasteiger partial charge >= 0.3 is 5.97 Å². The van der Waals surface area contributed by atoms with Gasteiger partial charge in [-0.05, 0) is 96.5 Å². The molecule has 0 aliphatic carbocycles. The normalized spacial score (nSPS) is 18.1. The van der Waals surface area contributed by atoms with Gasteiger partial charge in [0.05, 0.1) is 52.1 Å². The number of ether oxygens (including phenoxy) is 2. The minimum atomic E-state index is -0.958. The zero-order valence-electron chi connectivity index (χ0n) is 39.4. The van der Waals surface area contributed by atoms with Crippen molar-refractivity contribution in [3.63, 3.8) is 0 Å². The molecule has 8 rings (SSSR count). The van der Waals surface area contributed by atoms with E-state index in [0.717, 1.165) is 30.2 Å². The number of anilines is 2. The zero-order valence-corrected chi connectivity index (χ0v) is 41.6. The van der Waals surface area contributed by atoms with Crippen LogP contribution in [-0.2, 0) is 22.7 Å². The van der Waals surface area contributed by atoms with E-state index < -0.39 is 5.97 Å². The predicted octanol–water partition coefficient (Wildman–Crippen LogP) is 8.88. The molecular formula is C49H59Cl3N10O5. The summed E-state index contributed by atoms with van der Waals surface area (Å²) < 4.78 is 13.8. The van der Waals surface area contributed by atoms with Gasteiger partial charge in [-0.25, -0.2) is 0 Å². The van der Waals surface area contributed by atoms with Crippen molar-refractivity contribution in [1.82, 2.24) is 39.7 Å². The van der Waals surface area contributed by atoms with Crippen LogP contribution in [0, 0.1) is 20.8 Å². The molecule has 2 aliphatic heterocycles. The second kappa shape index (κ2) is 22.8. The Labute approximate surface area is 407 Å². The number of carbonyl (C=O) groups is 2. The molecule has 0 radical (unpaired) electrons. The van der Waals surface area contributed by atoms with Gasteiger partial charge < -0.3 is 34.6 Å². The van der Waals surface area contributed by atoms with E-state index in [1.54, 1.807) is 50.4 Å². The molecule has 356 valence electrons. The fraction of sp³-hybridized carbons (Fsp3) is 0.388. The van der Waals surface area contributed by atoms with E-state index >= 15 is 0 Å². The third-order valence-corrected chi connectivity index (χ3v) is 13.1. The minimum absolute atomic E-state index is 0.0116. The monoisotopic (exact) mass is 972 g/mol. The van der Waals surface area contributed by atoms with E-state index in [1.165, 1.54) is 15.9 Å². The number of hydrogen-bond acceptors (Lipinski definition) is 11. The lowest BCUT2D eigenvalue weighted by atomic mass is 10.1. The zero-order chi connectivity index (χ0) is 48.5. The Morgan fingerprint density at radius 3 is 1.76 bits per heavy atom. The predicted molar refractivity (Wildman–Crippen MR) is 266 cm³/mol. The summed E-state index contributed by atoms with van der Waals surface area (Å²) in [4.78, 5) is 39.0. The van der Waals surface area contributed by atoms with Crippen molar-refractivity contribution in [3.8, 4) is 34.3 Å². The average Bonchev–Trinajstić information content (AvgIpc) is 3.76. The molecule has 1 amide bonds. The molecule has 15 nitrogen and oxygen atoms in total. The summed E-state index contributed by atoms with van der Waals surface area (Å²) in [6.45, 7) is 17.6. The number of carboxylic acid groups (broad SMARTS) is 1. The van der Waals surface area contributed by atoms with Crippen molar-refractivity contribution >= 4 is 58.1 Å². The summed E-state index contributed by atoms with van der Waals surface area (Å²) in [7, 11) is 3.34. The number of carbonyl (C=O) groups excluding carboxylic acids is 1. The number of pyridine rings is 2. The number of piperazine rings is 2. The van der Waals surface area contributed by atoms with Crippen molar-refractivity contribution in [2.24, 2.45) is 0 Å². The summed E-state index contributed by atoms with van der Waals surface area (Å²) in [5.74, 6) is 0.667. The van der Waals surface area contributed by atoms with Crippen LogP contribution < -0.4 is 24.6 Å². The molecule has 67 heavy (non-hydrogen) atoms. The van der Waals surface area contributed by atoms with E-state index in [-0.39, 0.29) is 31.1 Å². The van der Waals surface area contributed by atoms with Crippen LogP contribution in [0.15, 0.2) is 85.2 Å². The second-order valence-electron chi connectivity index (χ2n) is 16.8. The molecule has 18 heteroatoms. The third kappa shape index (κ3) is 12.2. The van der Waals surface area contributed by atoms with Crippen LogP contribution in [0.3, 0.4) is 0 Å². The number of amides is 1. The van der Waals surface area contributed by atoms with Crippen LogP contribution in [-0.4, -0.2) is 116 Å². The number of hydrogen-bond donors (Lipinski definition) is 2. The molecule has 2 aliphatic rings. The number of aryl methyl sites for hydroxylation is 1. The van der Waals surface area contributed by atoms with Crippen molar-refractivity contribution < 1.29 is 24.2 Å². The number of aliphatic carboxylic acids is 1. The van der Waals surface area contributed by atoms with Crippen LogP contribution in [0.25, 0.3) is 22.8 Å². The average molecular weight is 974 g/mol. The quantitative estimate of drug-likeness (QED) is 0.135. The maximum atomic E-state index is 13.3. The molecule has 4 aromatic heterocycles. The van der Waals surface area contributed by atoms with Crippen molar-refractivity contribution in [3.05, 3.63) is 117 Å². The van der Waals surface area contributed by atoms with Gasteiger partial charge in [-0.1, -0.05) is 53.0 Å². The van der Waals surface area contributed by atoms with Gasteiger partial charge in [0.25, 0.3) is 0 Å². The maximum absolute atomic E-state index is 13.3. The Kier molecular flexibility index (Phi) is 17.2. The van der Waals surface area contributed by atoms with Gasteiger partial charge in [0.15, 0.2) is 0 Å². The standard InChI is InChI=1S/C24H27Cl2N5O2.C14H22N2O.C11H10ClN3O2/c1-15-13-30(16(2)12-29(15)18-8-9-19(25)21(11-18)33-4)22(32)14-31-17(3)23(26)24(28-31)20-7-5-6-10-27-20;1-10-5-6-13(7-14(10)17-4)16-9-11(2)15-8-12(16)3;1-7-10(12)11(8-4-2-3-5-13-8)14-15(7)6-9(16)17/h5-11,15-16H,12-14H2,1-4H3;5-7,11-12,15H,8-9H2,1-4H3;2-5H,6H2,1H3,(H,16,17)/t15-,16+;11-,12+;/m10./s1. The lowest BCUT2D eigenvalue weighted by molar-refractivity contribution is -0.138. The minimum Gasteiger partial charge on any atom is -0.496 e. The molecule has 0 unspecified atom stereocenters. The molecule has 2 fully saturated rings. The van der Waals surface area contributed by atoms with Gasteiger partial charge in [-0.3, -0.25) is 28.9 Å². The molecule has 2 saturated heterocycles. The largest absolute Gasteiger partial charge is 0.496 e. The van der Waals surface area contributed by atoms with E-state index in [2.05, 4.69) is 88.1 Å². The highest BCUT2D eigenvalue weighted by Crippen LogP contribution is 2.33. The van der Waals surface area contributed by atoms with Gasteiger partial charge in [0.1, 0.15) is 36.0 Å². The van der Waals surface area contributed by atoms with E-state index in [9.17, 15) is 9.59 Å². The smallest absolute Gasteiger partial charge is 0.325 e. The molecular weight excluding hydrogens is 915 g/mol. The topological polar surface area (TPSA) is 156 Å². The Bertz CT molecular complexity index is 2630. The van der Waals surface area contributed by atoms with Crippen molar-refractivity contribution in [1.29, 1.82) is 0 Å². The number of benzene rings is 2. The lowest BCUT2D eigenvalue weighted by Gasteiger charge is -2.45. The first-order valence-electron chi connectivity index (χ1n) is 22.1. The first-order chi connectivity index (χ1) is 32.0. The summed E-state index contributed by atoms with van der Waals surface area (Å²) in [6, 6.07) is 24.4. The fourth-order valence-electron chi connectivity index (χ4n) is 8.07. The van der Waals surface area contributed by atoms with Gasteiger partial charge in [0.2, 0.25) is 5.91 Å². The Balaban J connectivity index is 0.000000183. The summed E-state index contributed by atoms with van der Waals surface area (Å²) >= 11 is 18.8. The summed E-state index contributed by atoms with van der Waals surface area (Å²) in [5.41, 5.74) is 7.25. The molecule has 2 aromatic carbocycles. The van der Waals surface area contributed by atoms with Gasteiger partial charge in [-0.15, -0.1) is 0 Å². The van der Waals surface area contributed by atoms with Crippen LogP contribution in [0.2, 0.25) is 15.1 Å². The molecule has 2 N–H and O–H groups in total. The maximum Gasteiger partial charge on any atom is 0.325 e. The van der Waals surface area contributed by atoms with Gasteiger partial charge in [-0.2, -0.15) is 10.2 Å². The molecule has 0 spiro atoms. The van der Waals surface area contributed by atoms with Crippen molar-refractivity contribution in [2.45, 2.75) is 85.7 Å². The highest BCUT2D eigenvalue weighted by Gasteiger charge is 2.33. The summed E-state index contributed by atoms with van der Waals surface area (Å²) in [5, 5.41) is 22.5. The lowest BCUT2D eigenvalue weighted by Crippen LogP contribution is -2.58. The molecule has 0 saturated carbocycles.